The van der Waals surface area contributed by atoms with Gasteiger partial charge >= 0.3 is 19.8 Å². The number of hydrogen-bond donors (Lipinski definition) is 1. The molecule has 1 heterocycles. The first-order valence-corrected chi connectivity index (χ1v) is 26.0. The lowest BCUT2D eigenvalue weighted by Crippen LogP contribution is -2.49. The van der Waals surface area contributed by atoms with E-state index in [4.69, 9.17) is 18.5 Å². The van der Waals surface area contributed by atoms with Crippen LogP contribution in [-0.2, 0) is 32.7 Å². The van der Waals surface area contributed by atoms with E-state index >= 15 is 0 Å². The zero-order chi connectivity index (χ0) is 41.6. The molecule has 1 aliphatic heterocycles. The van der Waals surface area contributed by atoms with Crippen LogP contribution in [0.2, 0.25) is 0 Å². The summed E-state index contributed by atoms with van der Waals surface area (Å²) in [6.07, 6.45) is 40.7. The molecule has 10 heteroatoms. The van der Waals surface area contributed by atoms with Crippen molar-refractivity contribution in [2.45, 2.75) is 245 Å². The van der Waals surface area contributed by atoms with Gasteiger partial charge in [-0.3, -0.25) is 18.6 Å². The summed E-state index contributed by atoms with van der Waals surface area (Å²) < 4.78 is 35.3. The molecule has 2 unspecified atom stereocenters. The standard InChI is InChI=1S/C47H92NO8P/c1-4-6-8-10-12-14-16-18-20-22-24-26-28-30-33-37-46(49)53-43-45(44-55-57(51,52)54-42-41-48(3)39-35-32-36-40-48)56-47(50)38-34-31-29-27-25-23-21-19-17-15-13-11-9-7-5-2/h45H,4-44H2,1-3H3/p+1. The van der Waals surface area contributed by atoms with Gasteiger partial charge in [-0.15, -0.1) is 0 Å². The van der Waals surface area contributed by atoms with Crippen molar-refractivity contribution in [1.29, 1.82) is 0 Å². The maximum atomic E-state index is 12.8. The molecular formula is C47H93NO8P+. The summed E-state index contributed by atoms with van der Waals surface area (Å²) in [6.45, 7) is 6.73. The summed E-state index contributed by atoms with van der Waals surface area (Å²) in [5, 5.41) is 0. The zero-order valence-corrected chi connectivity index (χ0v) is 38.7. The number of carbonyl (C=O) groups excluding carboxylic acids is 2. The fourth-order valence-electron chi connectivity index (χ4n) is 7.99. The molecule has 0 aromatic carbocycles. The molecule has 0 aromatic rings. The van der Waals surface area contributed by atoms with E-state index in [-0.39, 0.29) is 32.2 Å². The number of likely N-dealkylation sites (tertiary alicyclic amines) is 1. The second-order valence-electron chi connectivity index (χ2n) is 17.6. The van der Waals surface area contributed by atoms with E-state index in [0.29, 0.717) is 13.0 Å². The van der Waals surface area contributed by atoms with Crippen LogP contribution in [0.15, 0.2) is 0 Å². The third-order valence-corrected chi connectivity index (χ3v) is 12.9. The number of esters is 2. The van der Waals surface area contributed by atoms with Crippen LogP contribution >= 0.6 is 7.82 Å². The number of hydrogen-bond acceptors (Lipinski definition) is 7. The molecule has 0 aliphatic carbocycles. The summed E-state index contributed by atoms with van der Waals surface area (Å²) in [7, 11) is -2.23. The number of phosphoric acid groups is 1. The van der Waals surface area contributed by atoms with Crippen LogP contribution in [0.3, 0.4) is 0 Å². The van der Waals surface area contributed by atoms with Crippen LogP contribution in [0.5, 0.6) is 0 Å². The van der Waals surface area contributed by atoms with Gasteiger partial charge in [0.05, 0.1) is 26.7 Å². The minimum atomic E-state index is -4.38. The van der Waals surface area contributed by atoms with Gasteiger partial charge in [0.15, 0.2) is 6.10 Å². The minimum Gasteiger partial charge on any atom is -0.462 e. The number of nitrogens with zero attached hydrogens (tertiary/aromatic N) is 1. The molecule has 1 aliphatic rings. The van der Waals surface area contributed by atoms with E-state index in [1.165, 1.54) is 161 Å². The smallest absolute Gasteiger partial charge is 0.462 e. The highest BCUT2D eigenvalue weighted by Crippen LogP contribution is 2.43. The van der Waals surface area contributed by atoms with Crippen molar-refractivity contribution in [3.8, 4) is 0 Å². The summed E-state index contributed by atoms with van der Waals surface area (Å²) in [6, 6.07) is 0. The van der Waals surface area contributed by atoms with E-state index in [1.807, 2.05) is 0 Å². The first-order valence-electron chi connectivity index (χ1n) is 24.5. The normalized spacial score (nSPS) is 15.6. The minimum absolute atomic E-state index is 0.0994. The fraction of sp³-hybridized carbons (Fsp3) is 0.957. The average Bonchev–Trinajstić information content (AvgIpc) is 3.19. The third kappa shape index (κ3) is 35.5. The maximum absolute atomic E-state index is 12.8. The topological polar surface area (TPSA) is 108 Å². The van der Waals surface area contributed by atoms with Gasteiger partial charge in [0.1, 0.15) is 19.8 Å². The molecule has 9 nitrogen and oxygen atoms in total. The molecule has 0 aromatic heterocycles. The molecule has 0 spiro atoms. The summed E-state index contributed by atoms with van der Waals surface area (Å²) in [5.74, 6) is -0.761. The Labute approximate surface area is 352 Å². The van der Waals surface area contributed by atoms with Crippen molar-refractivity contribution in [3.05, 3.63) is 0 Å². The van der Waals surface area contributed by atoms with Crippen molar-refractivity contribution < 1.29 is 42.1 Å². The van der Waals surface area contributed by atoms with Gasteiger partial charge in [-0.25, -0.2) is 4.57 Å². The van der Waals surface area contributed by atoms with E-state index in [1.54, 1.807) is 0 Å². The second-order valence-corrected chi connectivity index (χ2v) is 19.1. The number of unbranched alkanes of at least 4 members (excludes halogenated alkanes) is 28. The monoisotopic (exact) mass is 831 g/mol. The van der Waals surface area contributed by atoms with E-state index in [0.717, 1.165) is 68.9 Å². The number of piperidine rings is 1. The molecule has 57 heavy (non-hydrogen) atoms. The molecule has 1 saturated heterocycles. The molecule has 1 N–H and O–H groups in total. The molecule has 0 saturated carbocycles. The zero-order valence-electron chi connectivity index (χ0n) is 37.8. The van der Waals surface area contributed by atoms with E-state index in [9.17, 15) is 19.0 Å². The van der Waals surface area contributed by atoms with Crippen molar-refractivity contribution >= 4 is 19.8 Å². The lowest BCUT2D eigenvalue weighted by atomic mass is 10.0. The Morgan fingerprint density at radius 2 is 0.895 bits per heavy atom. The van der Waals surface area contributed by atoms with Gasteiger partial charge in [-0.05, 0) is 32.1 Å². The molecule has 0 bridgehead atoms. The summed E-state index contributed by atoms with van der Waals surface area (Å²) in [5.41, 5.74) is 0. The van der Waals surface area contributed by atoms with Gasteiger partial charge in [-0.1, -0.05) is 194 Å². The molecule has 1 fully saturated rings. The van der Waals surface area contributed by atoms with Gasteiger partial charge < -0.3 is 18.9 Å². The van der Waals surface area contributed by atoms with Crippen molar-refractivity contribution in [2.75, 3.05) is 46.5 Å². The molecular weight excluding hydrogens is 737 g/mol. The summed E-state index contributed by atoms with van der Waals surface area (Å²) in [4.78, 5) is 35.8. The van der Waals surface area contributed by atoms with Gasteiger partial charge in [0.2, 0.25) is 0 Å². The van der Waals surface area contributed by atoms with Gasteiger partial charge in [0.25, 0.3) is 0 Å². The highest BCUT2D eigenvalue weighted by atomic mass is 31.2. The predicted octanol–water partition coefficient (Wildman–Crippen LogP) is 13.7. The van der Waals surface area contributed by atoms with Crippen LogP contribution in [0.4, 0.5) is 0 Å². The number of rotatable bonds is 42. The van der Waals surface area contributed by atoms with Crippen LogP contribution < -0.4 is 0 Å². The number of carbonyl (C=O) groups is 2. The van der Waals surface area contributed by atoms with E-state index < -0.39 is 19.9 Å². The van der Waals surface area contributed by atoms with Crippen molar-refractivity contribution in [3.63, 3.8) is 0 Å². The highest BCUT2D eigenvalue weighted by Gasteiger charge is 2.29. The average molecular weight is 831 g/mol. The third-order valence-electron chi connectivity index (χ3n) is 11.9. The Kier molecular flexibility index (Phi) is 36.0. The Morgan fingerprint density at radius 3 is 1.30 bits per heavy atom. The number of phosphoric ester groups is 1. The fourth-order valence-corrected chi connectivity index (χ4v) is 8.73. The Morgan fingerprint density at radius 1 is 0.526 bits per heavy atom. The van der Waals surface area contributed by atoms with Gasteiger partial charge in [0, 0.05) is 12.8 Å². The largest absolute Gasteiger partial charge is 0.472 e. The first kappa shape index (κ1) is 54.0. The second kappa shape index (κ2) is 38.0. The Bertz CT molecular complexity index is 975. The molecule has 1 rings (SSSR count). The maximum Gasteiger partial charge on any atom is 0.472 e. The molecule has 0 amide bonds. The highest BCUT2D eigenvalue weighted by molar-refractivity contribution is 7.47. The summed E-state index contributed by atoms with van der Waals surface area (Å²) >= 11 is 0. The Balaban J connectivity index is 2.30. The molecule has 0 radical (unpaired) electrons. The lowest BCUT2D eigenvalue weighted by molar-refractivity contribution is -0.914. The van der Waals surface area contributed by atoms with Crippen LogP contribution in [0.25, 0.3) is 0 Å². The van der Waals surface area contributed by atoms with Crippen molar-refractivity contribution in [1.82, 2.24) is 0 Å². The number of ether oxygens (including phenoxy) is 2. The van der Waals surface area contributed by atoms with Crippen LogP contribution in [0, 0.1) is 0 Å². The number of likely N-dealkylation sites (N-methyl/N-ethyl adjacent to an activating group) is 1. The molecule has 338 valence electrons. The van der Waals surface area contributed by atoms with Gasteiger partial charge in [-0.2, -0.15) is 0 Å². The molecule has 2 atom stereocenters. The quantitative estimate of drug-likeness (QED) is 0.0280. The van der Waals surface area contributed by atoms with Crippen LogP contribution in [-0.4, -0.2) is 73.9 Å². The SMILES string of the molecule is CCCCCCCCCCCCCCCCCC(=O)OCC(COP(=O)(O)OCC[N+]1(C)CCCCC1)OC(=O)CCCCCCCCCCCCCCCCC. The van der Waals surface area contributed by atoms with Crippen molar-refractivity contribution in [2.24, 2.45) is 0 Å². The Hall–Kier alpha value is -0.990. The number of quaternary nitrogens is 1. The predicted molar refractivity (Wildman–Crippen MR) is 236 cm³/mol. The van der Waals surface area contributed by atoms with Crippen LogP contribution in [0.1, 0.15) is 239 Å². The van der Waals surface area contributed by atoms with E-state index in [2.05, 4.69) is 20.9 Å². The first-order chi connectivity index (χ1) is 27.7. The lowest BCUT2D eigenvalue weighted by Gasteiger charge is -2.37.